The van der Waals surface area contributed by atoms with Crippen molar-refractivity contribution in [1.82, 2.24) is 24.8 Å². The molecular weight excluding hydrogens is 459 g/mol. The fraction of sp³-hybridized carbons (Fsp3) is 0.150. The zero-order valence-electron chi connectivity index (χ0n) is 16.0. The highest BCUT2D eigenvalue weighted by Gasteiger charge is 2.10. The Kier molecular flexibility index (Phi) is 6.45. The lowest BCUT2D eigenvalue weighted by atomic mass is 10.2. The quantitative estimate of drug-likeness (QED) is 0.424. The molecule has 0 atom stereocenters. The molecule has 0 aliphatic carbocycles. The molecule has 0 fully saturated rings. The van der Waals surface area contributed by atoms with Crippen LogP contribution in [0.5, 0.6) is 0 Å². The Morgan fingerprint density at radius 2 is 2.00 bits per heavy atom. The van der Waals surface area contributed by atoms with Crippen molar-refractivity contribution in [1.29, 1.82) is 0 Å². The highest BCUT2D eigenvalue weighted by atomic mass is 35.5. The largest absolute Gasteiger partial charge is 0.350 e. The molecule has 0 aliphatic rings. The van der Waals surface area contributed by atoms with Crippen LogP contribution in [-0.2, 0) is 13.1 Å². The summed E-state index contributed by atoms with van der Waals surface area (Å²) in [5.41, 5.74) is 2.03. The Bertz CT molecular complexity index is 1290. The number of thiophene rings is 1. The third-order valence-corrected chi connectivity index (χ3v) is 5.85. The number of carbonyl (C=O) groups is 1. The number of nitrogens with zero attached hydrogens (tertiary/aromatic N) is 4. The van der Waals surface area contributed by atoms with Crippen molar-refractivity contribution in [2.45, 2.75) is 13.1 Å². The first-order valence-electron chi connectivity index (χ1n) is 9.22. The number of anilines is 1. The zero-order chi connectivity index (χ0) is 21.8. The lowest BCUT2D eigenvalue weighted by Gasteiger charge is -2.11. The second kappa shape index (κ2) is 9.42. The third kappa shape index (κ3) is 5.01. The van der Waals surface area contributed by atoms with E-state index in [1.54, 1.807) is 29.8 Å². The van der Waals surface area contributed by atoms with Crippen molar-refractivity contribution < 1.29 is 4.79 Å². The van der Waals surface area contributed by atoms with Gasteiger partial charge in [-0.2, -0.15) is 16.3 Å². The minimum Gasteiger partial charge on any atom is -0.350 e. The van der Waals surface area contributed by atoms with Gasteiger partial charge in [-0.25, -0.2) is 9.97 Å². The van der Waals surface area contributed by atoms with E-state index >= 15 is 0 Å². The molecule has 1 aromatic carbocycles. The molecule has 3 aromatic heterocycles. The maximum Gasteiger partial charge on any atom is 0.270 e. The minimum absolute atomic E-state index is 0.189. The average Bonchev–Trinajstić information content (AvgIpc) is 3.31. The normalized spacial score (nSPS) is 10.9. The Morgan fingerprint density at radius 1 is 1.13 bits per heavy atom. The van der Waals surface area contributed by atoms with E-state index in [-0.39, 0.29) is 24.6 Å². The lowest BCUT2D eigenvalue weighted by Crippen LogP contribution is -2.31. The highest BCUT2D eigenvalue weighted by Crippen LogP contribution is 2.23. The smallest absolute Gasteiger partial charge is 0.270 e. The maximum absolute atomic E-state index is 12.4. The molecule has 158 valence electrons. The number of amides is 1. The summed E-state index contributed by atoms with van der Waals surface area (Å²) in [7, 11) is 0. The molecule has 3 heterocycles. The number of halogens is 2. The summed E-state index contributed by atoms with van der Waals surface area (Å²) in [6.07, 6.45) is 2.76. The molecule has 0 bridgehead atoms. The molecule has 0 aliphatic heterocycles. The second-order valence-electron chi connectivity index (χ2n) is 6.52. The number of aromatic nitrogens is 4. The summed E-state index contributed by atoms with van der Waals surface area (Å²) < 4.78 is 1.46. The van der Waals surface area contributed by atoms with Crippen molar-refractivity contribution >= 4 is 57.6 Å². The van der Waals surface area contributed by atoms with Crippen LogP contribution < -0.4 is 16.2 Å². The number of nitrogens with one attached hydrogen (secondary N) is 2. The van der Waals surface area contributed by atoms with Crippen molar-refractivity contribution in [3.05, 3.63) is 78.9 Å². The fourth-order valence-electron chi connectivity index (χ4n) is 2.86. The molecule has 31 heavy (non-hydrogen) atoms. The number of hydrogen-bond donors (Lipinski definition) is 2. The molecule has 8 nitrogen and oxygen atoms in total. The van der Waals surface area contributed by atoms with Crippen LogP contribution in [0.1, 0.15) is 15.9 Å². The van der Waals surface area contributed by atoms with Crippen LogP contribution in [0.25, 0.3) is 11.2 Å². The predicted octanol–water partition coefficient (Wildman–Crippen LogP) is 3.60. The summed E-state index contributed by atoms with van der Waals surface area (Å²) in [5, 5.41) is 10.4. The first-order valence-corrected chi connectivity index (χ1v) is 10.9. The van der Waals surface area contributed by atoms with Gasteiger partial charge in [-0.1, -0.05) is 29.3 Å². The lowest BCUT2D eigenvalue weighted by molar-refractivity contribution is 0.0952. The van der Waals surface area contributed by atoms with Crippen LogP contribution >= 0.6 is 34.5 Å². The van der Waals surface area contributed by atoms with Crippen LogP contribution in [-0.4, -0.2) is 32.0 Å². The van der Waals surface area contributed by atoms with Crippen molar-refractivity contribution in [3.8, 4) is 0 Å². The van der Waals surface area contributed by atoms with Gasteiger partial charge in [0, 0.05) is 30.6 Å². The van der Waals surface area contributed by atoms with Gasteiger partial charge in [0.25, 0.3) is 11.5 Å². The Hall–Kier alpha value is -3.01. The van der Waals surface area contributed by atoms with Crippen LogP contribution in [0.2, 0.25) is 10.0 Å². The van der Waals surface area contributed by atoms with E-state index < -0.39 is 0 Å². The molecule has 1 amide bonds. The molecule has 4 rings (SSSR count). The van der Waals surface area contributed by atoms with Gasteiger partial charge in [0.05, 0.1) is 22.4 Å². The molecule has 0 radical (unpaired) electrons. The van der Waals surface area contributed by atoms with Gasteiger partial charge in [-0.05, 0) is 29.1 Å². The van der Waals surface area contributed by atoms with Gasteiger partial charge in [-0.3, -0.25) is 14.2 Å². The van der Waals surface area contributed by atoms with Crippen molar-refractivity contribution in [2.75, 3.05) is 11.9 Å². The number of rotatable bonds is 7. The van der Waals surface area contributed by atoms with Gasteiger partial charge >= 0.3 is 0 Å². The first kappa shape index (κ1) is 21.2. The standard InChI is InChI=1S/C20H16Cl2N6O2S/c21-14-2-1-12(7-15(14)22)8-25-20-26-9-16-18(27-20)28(17(29)10-24-16)5-4-23-19(30)13-3-6-31-11-13/h1-3,6-7,9-11H,4-5,8H2,(H,23,30)(H,25,26,27). The maximum atomic E-state index is 12.4. The molecule has 0 saturated carbocycles. The molecule has 0 unspecified atom stereocenters. The Labute approximate surface area is 190 Å². The molecular formula is C20H16Cl2N6O2S. The number of carbonyl (C=O) groups excluding carboxylic acids is 1. The van der Waals surface area contributed by atoms with Gasteiger partial charge in [-0.15, -0.1) is 0 Å². The van der Waals surface area contributed by atoms with E-state index in [9.17, 15) is 9.59 Å². The number of benzene rings is 1. The SMILES string of the molecule is O=C(NCCn1c(=O)cnc2cnc(NCc3ccc(Cl)c(Cl)c3)nc21)c1ccsc1. The van der Waals surface area contributed by atoms with Crippen molar-refractivity contribution in [3.63, 3.8) is 0 Å². The van der Waals surface area contributed by atoms with Gasteiger partial charge in [0.1, 0.15) is 5.52 Å². The molecule has 4 aromatic rings. The minimum atomic E-state index is -0.314. The van der Waals surface area contributed by atoms with Gasteiger partial charge < -0.3 is 10.6 Å². The molecule has 0 spiro atoms. The van der Waals surface area contributed by atoms with E-state index in [1.165, 1.54) is 22.1 Å². The van der Waals surface area contributed by atoms with Crippen LogP contribution in [0.15, 0.2) is 52.2 Å². The van der Waals surface area contributed by atoms with Crippen molar-refractivity contribution in [2.24, 2.45) is 0 Å². The average molecular weight is 475 g/mol. The summed E-state index contributed by atoms with van der Waals surface area (Å²) in [5.74, 6) is 0.147. The molecule has 0 saturated heterocycles. The first-order chi connectivity index (χ1) is 15.0. The van der Waals surface area contributed by atoms with E-state index in [0.717, 1.165) is 5.56 Å². The topological polar surface area (TPSA) is 102 Å². The number of hydrogen-bond acceptors (Lipinski definition) is 7. The van der Waals surface area contributed by atoms with E-state index in [1.807, 2.05) is 11.4 Å². The summed E-state index contributed by atoms with van der Waals surface area (Å²) in [4.78, 5) is 37.3. The highest BCUT2D eigenvalue weighted by molar-refractivity contribution is 7.08. The van der Waals surface area contributed by atoms with Gasteiger partial charge in [0.2, 0.25) is 5.95 Å². The summed E-state index contributed by atoms with van der Waals surface area (Å²) in [6.45, 7) is 0.935. The van der Waals surface area contributed by atoms with E-state index in [2.05, 4.69) is 25.6 Å². The second-order valence-corrected chi connectivity index (χ2v) is 8.11. The summed E-state index contributed by atoms with van der Waals surface area (Å²) in [6, 6.07) is 7.06. The third-order valence-electron chi connectivity index (χ3n) is 4.42. The monoisotopic (exact) mass is 474 g/mol. The Balaban J connectivity index is 1.50. The number of fused-ring (bicyclic) bond motifs is 1. The van der Waals surface area contributed by atoms with Gasteiger partial charge in [0.15, 0.2) is 5.65 Å². The van der Waals surface area contributed by atoms with Crippen LogP contribution in [0.4, 0.5) is 5.95 Å². The van der Waals surface area contributed by atoms with E-state index in [0.29, 0.717) is 39.3 Å². The molecule has 2 N–H and O–H groups in total. The zero-order valence-corrected chi connectivity index (χ0v) is 18.3. The fourth-order valence-corrected chi connectivity index (χ4v) is 3.82. The predicted molar refractivity (Wildman–Crippen MR) is 122 cm³/mol. The molecule has 11 heteroatoms. The van der Waals surface area contributed by atoms with Crippen LogP contribution in [0, 0.1) is 0 Å². The van der Waals surface area contributed by atoms with E-state index in [4.69, 9.17) is 23.2 Å². The summed E-state index contributed by atoms with van der Waals surface area (Å²) >= 11 is 13.4. The Morgan fingerprint density at radius 3 is 2.77 bits per heavy atom. The van der Waals surface area contributed by atoms with Crippen LogP contribution in [0.3, 0.4) is 0 Å².